The van der Waals surface area contributed by atoms with Crippen molar-refractivity contribution in [1.82, 2.24) is 4.31 Å². The van der Waals surface area contributed by atoms with Crippen molar-refractivity contribution >= 4 is 27.6 Å². The smallest absolute Gasteiger partial charge is 0.309 e. The van der Waals surface area contributed by atoms with Gasteiger partial charge in [-0.25, -0.2) is 8.42 Å². The fourth-order valence-electron chi connectivity index (χ4n) is 4.52. The van der Waals surface area contributed by atoms with E-state index in [1.165, 1.54) is 14.8 Å². The maximum Gasteiger partial charge on any atom is 0.309 e. The SMILES string of the molecule is N#CCN(C(=O)COC(=O)C1CCN(S(=O)(=O)c2ccc3c(c2)CCC3)CC1)c1ccccc1. The molecule has 4 rings (SSSR count). The molecule has 1 aliphatic carbocycles. The molecule has 0 N–H and O–H groups in total. The molecule has 0 unspecified atom stereocenters. The molecule has 34 heavy (non-hydrogen) atoms. The predicted molar refractivity (Wildman–Crippen MR) is 125 cm³/mol. The van der Waals surface area contributed by atoms with Crippen LogP contribution in [0.15, 0.2) is 53.4 Å². The minimum atomic E-state index is -3.62. The topological polar surface area (TPSA) is 108 Å². The van der Waals surface area contributed by atoms with Gasteiger partial charge in [0.05, 0.1) is 16.9 Å². The Morgan fingerprint density at radius 3 is 2.47 bits per heavy atom. The number of nitrogens with zero attached hydrogens (tertiary/aromatic N) is 3. The molecule has 0 atom stereocenters. The highest BCUT2D eigenvalue weighted by atomic mass is 32.2. The number of hydrogen-bond acceptors (Lipinski definition) is 6. The number of esters is 1. The van der Waals surface area contributed by atoms with Crippen LogP contribution < -0.4 is 4.90 Å². The van der Waals surface area contributed by atoms with Crippen molar-refractivity contribution < 1.29 is 22.7 Å². The molecule has 9 heteroatoms. The van der Waals surface area contributed by atoms with Crippen LogP contribution in [0.2, 0.25) is 0 Å². The molecule has 178 valence electrons. The number of amides is 1. The van der Waals surface area contributed by atoms with Gasteiger partial charge in [0.2, 0.25) is 10.0 Å². The first-order chi connectivity index (χ1) is 16.4. The lowest BCUT2D eigenvalue weighted by Crippen LogP contribution is -2.41. The van der Waals surface area contributed by atoms with E-state index in [0.29, 0.717) is 23.4 Å². The van der Waals surface area contributed by atoms with Crippen LogP contribution in [0, 0.1) is 17.2 Å². The summed E-state index contributed by atoms with van der Waals surface area (Å²) in [4.78, 5) is 26.7. The number of aryl methyl sites for hydroxylation is 2. The molecule has 1 heterocycles. The summed E-state index contributed by atoms with van der Waals surface area (Å²) in [5, 5.41) is 9.04. The summed E-state index contributed by atoms with van der Waals surface area (Å²) in [6.07, 6.45) is 3.61. The Hall–Kier alpha value is -3.22. The Labute approximate surface area is 199 Å². The average Bonchev–Trinajstić information content (AvgIpc) is 3.34. The van der Waals surface area contributed by atoms with Crippen LogP contribution in [0.5, 0.6) is 0 Å². The molecular formula is C25H27N3O5S. The standard InChI is InChI=1S/C25H27N3O5S/c26-13-16-28(22-7-2-1-3-8-22)24(29)18-33-25(30)20-11-14-27(15-12-20)34(31,32)23-10-9-19-5-4-6-21(19)17-23/h1-3,7-10,17,20H,4-6,11-12,14-16,18H2. The Morgan fingerprint density at radius 2 is 1.76 bits per heavy atom. The third kappa shape index (κ3) is 5.13. The molecule has 2 aromatic rings. The van der Waals surface area contributed by atoms with Crippen molar-refractivity contribution in [3.63, 3.8) is 0 Å². The number of carbonyl (C=O) groups excluding carboxylic acids is 2. The lowest BCUT2D eigenvalue weighted by molar-refractivity contribution is -0.153. The van der Waals surface area contributed by atoms with E-state index >= 15 is 0 Å². The van der Waals surface area contributed by atoms with Crippen molar-refractivity contribution in [2.45, 2.75) is 37.0 Å². The molecule has 0 spiro atoms. The molecule has 1 amide bonds. The van der Waals surface area contributed by atoms with E-state index in [0.717, 1.165) is 24.8 Å². The minimum absolute atomic E-state index is 0.153. The van der Waals surface area contributed by atoms with Gasteiger partial charge in [-0.05, 0) is 67.5 Å². The third-order valence-electron chi connectivity index (χ3n) is 6.43. The number of sulfonamides is 1. The summed E-state index contributed by atoms with van der Waals surface area (Å²) in [6, 6.07) is 16.0. The number of ether oxygens (including phenoxy) is 1. The number of benzene rings is 2. The zero-order valence-electron chi connectivity index (χ0n) is 18.9. The van der Waals surface area contributed by atoms with E-state index in [4.69, 9.17) is 10.00 Å². The van der Waals surface area contributed by atoms with E-state index < -0.39 is 34.4 Å². The molecule has 8 nitrogen and oxygen atoms in total. The van der Waals surface area contributed by atoms with Crippen molar-refractivity contribution in [2.75, 3.05) is 31.1 Å². The molecular weight excluding hydrogens is 454 g/mol. The number of anilines is 1. The monoisotopic (exact) mass is 481 g/mol. The quantitative estimate of drug-likeness (QED) is 0.444. The largest absolute Gasteiger partial charge is 0.455 e. The molecule has 1 aliphatic heterocycles. The molecule has 1 fully saturated rings. The van der Waals surface area contributed by atoms with E-state index in [1.807, 2.05) is 12.1 Å². The van der Waals surface area contributed by atoms with Crippen LogP contribution in [0.1, 0.15) is 30.4 Å². The van der Waals surface area contributed by atoms with Gasteiger partial charge >= 0.3 is 5.97 Å². The summed E-state index contributed by atoms with van der Waals surface area (Å²) in [5.74, 6) is -1.48. The number of nitriles is 1. The molecule has 2 aromatic carbocycles. The lowest BCUT2D eigenvalue weighted by Gasteiger charge is -2.30. The zero-order valence-corrected chi connectivity index (χ0v) is 19.7. The molecule has 0 aromatic heterocycles. The second-order valence-corrected chi connectivity index (χ2v) is 10.5. The van der Waals surface area contributed by atoms with Gasteiger partial charge in [-0.2, -0.15) is 9.57 Å². The lowest BCUT2D eigenvalue weighted by atomic mass is 9.98. The van der Waals surface area contributed by atoms with Gasteiger partial charge in [0.1, 0.15) is 6.54 Å². The van der Waals surface area contributed by atoms with E-state index in [9.17, 15) is 18.0 Å². The molecule has 2 aliphatic rings. The van der Waals surface area contributed by atoms with Gasteiger partial charge < -0.3 is 4.74 Å². The Kier molecular flexibility index (Phi) is 7.29. The predicted octanol–water partition coefficient (Wildman–Crippen LogP) is 2.68. The van der Waals surface area contributed by atoms with Gasteiger partial charge in [0.15, 0.2) is 6.61 Å². The van der Waals surface area contributed by atoms with Crippen molar-refractivity contribution in [3.8, 4) is 6.07 Å². The van der Waals surface area contributed by atoms with Crippen molar-refractivity contribution in [2.24, 2.45) is 5.92 Å². The average molecular weight is 482 g/mol. The first-order valence-electron chi connectivity index (χ1n) is 11.4. The summed E-state index contributed by atoms with van der Waals surface area (Å²) in [5.41, 5.74) is 2.87. The third-order valence-corrected chi connectivity index (χ3v) is 8.33. The summed E-state index contributed by atoms with van der Waals surface area (Å²) in [6.45, 7) is -0.183. The number of hydrogen-bond donors (Lipinski definition) is 0. The van der Waals surface area contributed by atoms with Gasteiger partial charge in [-0.3, -0.25) is 14.5 Å². The van der Waals surface area contributed by atoms with Crippen LogP contribution >= 0.6 is 0 Å². The normalized spacial score (nSPS) is 16.4. The fraction of sp³-hybridized carbons (Fsp3) is 0.400. The first-order valence-corrected chi connectivity index (χ1v) is 12.8. The van der Waals surface area contributed by atoms with E-state index in [-0.39, 0.29) is 19.6 Å². The van der Waals surface area contributed by atoms with Gasteiger partial charge in [0.25, 0.3) is 5.91 Å². The molecule has 0 radical (unpaired) electrons. The van der Waals surface area contributed by atoms with Crippen LogP contribution in [0.25, 0.3) is 0 Å². The van der Waals surface area contributed by atoms with Crippen molar-refractivity contribution in [3.05, 3.63) is 59.7 Å². The Balaban J connectivity index is 1.31. The Bertz CT molecular complexity index is 1200. The van der Waals surface area contributed by atoms with Gasteiger partial charge in [-0.15, -0.1) is 0 Å². The van der Waals surface area contributed by atoms with Gasteiger partial charge in [0, 0.05) is 18.8 Å². The highest BCUT2D eigenvalue weighted by Crippen LogP contribution is 2.29. The van der Waals surface area contributed by atoms with E-state index in [1.54, 1.807) is 42.5 Å². The fourth-order valence-corrected chi connectivity index (χ4v) is 6.04. The number of rotatable bonds is 7. The zero-order chi connectivity index (χ0) is 24.1. The van der Waals surface area contributed by atoms with Crippen LogP contribution in [-0.4, -0.2) is 50.8 Å². The molecule has 0 bridgehead atoms. The van der Waals surface area contributed by atoms with E-state index in [2.05, 4.69) is 0 Å². The van der Waals surface area contributed by atoms with Crippen LogP contribution in [-0.2, 0) is 37.2 Å². The second kappa shape index (κ2) is 10.4. The first kappa shape index (κ1) is 23.9. The second-order valence-electron chi connectivity index (χ2n) is 8.54. The summed E-state index contributed by atoms with van der Waals surface area (Å²) >= 11 is 0. The number of para-hydroxylation sites is 1. The molecule has 0 saturated carbocycles. The summed E-state index contributed by atoms with van der Waals surface area (Å²) < 4.78 is 32.8. The number of piperidine rings is 1. The number of carbonyl (C=O) groups is 2. The minimum Gasteiger partial charge on any atom is -0.455 e. The van der Waals surface area contributed by atoms with Crippen LogP contribution in [0.3, 0.4) is 0 Å². The van der Waals surface area contributed by atoms with Crippen LogP contribution in [0.4, 0.5) is 5.69 Å². The Morgan fingerprint density at radius 1 is 1.06 bits per heavy atom. The highest BCUT2D eigenvalue weighted by molar-refractivity contribution is 7.89. The maximum absolute atomic E-state index is 13.1. The highest BCUT2D eigenvalue weighted by Gasteiger charge is 2.33. The maximum atomic E-state index is 13.1. The van der Waals surface area contributed by atoms with Crippen molar-refractivity contribution in [1.29, 1.82) is 5.26 Å². The molecule has 1 saturated heterocycles. The number of fused-ring (bicyclic) bond motifs is 1. The summed E-state index contributed by atoms with van der Waals surface area (Å²) in [7, 11) is -3.62. The van der Waals surface area contributed by atoms with Gasteiger partial charge in [-0.1, -0.05) is 24.3 Å².